The molecule has 1 nitrogen and oxygen atoms in total. The topological polar surface area (TPSA) is 9.23 Å². The molecule has 1 radical (unpaired) electrons. The van der Waals surface area contributed by atoms with Gasteiger partial charge in [0.1, 0.15) is 5.75 Å². The zero-order valence-electron chi connectivity index (χ0n) is 9.11. The number of hydrogen-bond acceptors (Lipinski definition) is 1. The molecule has 1 rings (SSSR count). The van der Waals surface area contributed by atoms with E-state index in [1.807, 2.05) is 18.2 Å². The number of ether oxygens (including phenoxy) is 1. The van der Waals surface area contributed by atoms with Crippen LogP contribution in [-0.2, 0) is 53.8 Å². The molecule has 1 unspecified atom stereocenters. The van der Waals surface area contributed by atoms with Gasteiger partial charge >= 0.3 is 0 Å². The number of para-hydroxylation sites is 1. The summed E-state index contributed by atoms with van der Waals surface area (Å²) in [4.78, 5) is 0. The maximum Gasteiger partial charge on any atom is 0.118 e. The quantitative estimate of drug-likeness (QED) is 0.643. The second kappa shape index (κ2) is 10.00. The molecule has 15 heavy (non-hydrogen) atoms. The molecule has 0 heterocycles. The summed E-state index contributed by atoms with van der Waals surface area (Å²) in [6.07, 6.45) is 0.886. The van der Waals surface area contributed by atoms with Crippen molar-refractivity contribution in [2.75, 3.05) is 6.61 Å². The van der Waals surface area contributed by atoms with Crippen LogP contribution in [0.25, 0.3) is 0 Å². The molecule has 3 heteroatoms. The van der Waals surface area contributed by atoms with Crippen molar-refractivity contribution in [3.8, 4) is 5.75 Å². The van der Waals surface area contributed by atoms with Gasteiger partial charge in [-0.3, -0.25) is 0 Å². The summed E-state index contributed by atoms with van der Waals surface area (Å²) >= 11 is 0. The average molecular weight is 449 g/mol. The van der Waals surface area contributed by atoms with E-state index in [-0.39, 0.29) is 53.8 Å². The van der Waals surface area contributed by atoms with Crippen LogP contribution in [0.1, 0.15) is 24.8 Å². The van der Waals surface area contributed by atoms with E-state index >= 15 is 0 Å². The van der Waals surface area contributed by atoms with Gasteiger partial charge in [0, 0.05) is 53.8 Å². The Kier molecular flexibility index (Phi) is 12.1. The molecule has 1 aromatic rings. The third-order valence-electron chi connectivity index (χ3n) is 2.14. The summed E-state index contributed by atoms with van der Waals surface area (Å²) in [6, 6.07) is 8.06. The van der Waals surface area contributed by atoms with E-state index in [2.05, 4.69) is 26.8 Å². The fourth-order valence-electron chi connectivity index (χ4n) is 1.28. The zero-order valence-corrected chi connectivity index (χ0v) is 14.9. The molecule has 0 aliphatic heterocycles. The van der Waals surface area contributed by atoms with Gasteiger partial charge in [-0.1, -0.05) is 25.1 Å². The van der Waals surface area contributed by atoms with Crippen LogP contribution in [0.5, 0.6) is 5.75 Å². The van der Waals surface area contributed by atoms with Gasteiger partial charge in [0.15, 0.2) is 0 Å². The Morgan fingerprint density at radius 1 is 1.27 bits per heavy atom. The SMILES string of the molecule is [CH2-]COc1ccccc1C(C)C[CH2-].[W].[Y]. The van der Waals surface area contributed by atoms with Gasteiger partial charge in [0.2, 0.25) is 0 Å². The Morgan fingerprint density at radius 2 is 1.87 bits per heavy atom. The normalized spacial score (nSPS) is 10.9. The summed E-state index contributed by atoms with van der Waals surface area (Å²) in [5.74, 6) is 1.39. The molecule has 0 saturated heterocycles. The van der Waals surface area contributed by atoms with Crippen molar-refractivity contribution in [1.29, 1.82) is 0 Å². The van der Waals surface area contributed by atoms with Gasteiger partial charge in [-0.25, -0.2) is 0 Å². The predicted molar refractivity (Wildman–Crippen MR) is 55.7 cm³/mol. The molecule has 0 amide bonds. The third-order valence-corrected chi connectivity index (χ3v) is 2.14. The fraction of sp³-hybridized carbons (Fsp3) is 0.333. The first-order chi connectivity index (χ1) is 6.29. The van der Waals surface area contributed by atoms with Gasteiger partial charge in [-0.05, 0) is 24.2 Å². The van der Waals surface area contributed by atoms with Crippen molar-refractivity contribution in [3.63, 3.8) is 0 Å². The molecule has 81 valence electrons. The molecule has 0 fully saturated rings. The van der Waals surface area contributed by atoms with Crippen molar-refractivity contribution in [1.82, 2.24) is 0 Å². The molecule has 0 aromatic heterocycles. The van der Waals surface area contributed by atoms with Crippen molar-refractivity contribution in [2.45, 2.75) is 19.3 Å². The predicted octanol–water partition coefficient (Wildman–Crippen LogP) is 3.22. The summed E-state index contributed by atoms with van der Waals surface area (Å²) in [7, 11) is 0. The largest absolute Gasteiger partial charge is 0.525 e. The Morgan fingerprint density at radius 3 is 2.40 bits per heavy atom. The van der Waals surface area contributed by atoms with Crippen LogP contribution in [0.15, 0.2) is 24.3 Å². The monoisotopic (exact) mass is 449 g/mol. The van der Waals surface area contributed by atoms with E-state index in [1.165, 1.54) is 5.56 Å². The minimum atomic E-state index is 0. The first-order valence-electron chi connectivity index (χ1n) is 4.59. The maximum absolute atomic E-state index is 5.42. The molecule has 0 aliphatic rings. The fourth-order valence-corrected chi connectivity index (χ4v) is 1.28. The molecule has 0 N–H and O–H groups in total. The Hall–Kier alpha value is 0.812. The minimum Gasteiger partial charge on any atom is -0.525 e. The minimum absolute atomic E-state index is 0. The standard InChI is InChI=1S/C12H16O.W.Y/c1-4-10(3)11-8-6-7-9-12(11)13-5-2;;/h6-10H,1-2,4-5H2,3H3;;/q-2;;. The second-order valence-electron chi connectivity index (χ2n) is 3.08. The van der Waals surface area contributed by atoms with Crippen LogP contribution in [0.2, 0.25) is 0 Å². The van der Waals surface area contributed by atoms with Gasteiger partial charge in [0.25, 0.3) is 0 Å². The number of benzene rings is 1. The first kappa shape index (κ1) is 18.2. The van der Waals surface area contributed by atoms with Crippen LogP contribution in [0.4, 0.5) is 0 Å². The van der Waals surface area contributed by atoms with Crippen LogP contribution < -0.4 is 4.74 Å². The van der Waals surface area contributed by atoms with E-state index in [9.17, 15) is 0 Å². The van der Waals surface area contributed by atoms with E-state index in [4.69, 9.17) is 4.74 Å². The van der Waals surface area contributed by atoms with Gasteiger partial charge in [-0.2, -0.15) is 6.42 Å². The second-order valence-corrected chi connectivity index (χ2v) is 3.08. The Bertz CT molecular complexity index is 266. The third kappa shape index (κ3) is 5.61. The average Bonchev–Trinajstić information content (AvgIpc) is 2.18. The van der Waals surface area contributed by atoms with E-state index in [0.29, 0.717) is 12.5 Å². The zero-order chi connectivity index (χ0) is 9.68. The van der Waals surface area contributed by atoms with Crippen molar-refractivity contribution < 1.29 is 58.5 Å². The number of rotatable bonds is 4. The first-order valence-corrected chi connectivity index (χ1v) is 4.59. The van der Waals surface area contributed by atoms with Crippen LogP contribution in [0.3, 0.4) is 0 Å². The Balaban J connectivity index is 0. The number of hydrogen-bond donors (Lipinski definition) is 0. The molecule has 1 atom stereocenters. The molecular formula is C12H16OWY-2. The van der Waals surface area contributed by atoms with Crippen LogP contribution in [-0.4, -0.2) is 6.61 Å². The van der Waals surface area contributed by atoms with Gasteiger partial charge in [-0.15, -0.1) is 0 Å². The summed E-state index contributed by atoms with van der Waals surface area (Å²) in [5, 5.41) is 0. The van der Waals surface area contributed by atoms with E-state index in [1.54, 1.807) is 0 Å². The molecule has 0 aliphatic carbocycles. The summed E-state index contributed by atoms with van der Waals surface area (Å²) in [5.41, 5.74) is 1.22. The molecule has 0 saturated carbocycles. The summed E-state index contributed by atoms with van der Waals surface area (Å²) < 4.78 is 5.42. The van der Waals surface area contributed by atoms with E-state index < -0.39 is 0 Å². The maximum atomic E-state index is 5.42. The molecule has 0 bridgehead atoms. The Labute approximate surface area is 133 Å². The van der Waals surface area contributed by atoms with Gasteiger partial charge < -0.3 is 18.6 Å². The smallest absolute Gasteiger partial charge is 0.118 e. The van der Waals surface area contributed by atoms with Crippen molar-refractivity contribution >= 4 is 0 Å². The molecule has 0 spiro atoms. The van der Waals surface area contributed by atoms with E-state index in [0.717, 1.165) is 12.2 Å². The summed E-state index contributed by atoms with van der Waals surface area (Å²) in [6.45, 7) is 10.2. The van der Waals surface area contributed by atoms with Gasteiger partial charge in [0.05, 0.1) is 0 Å². The molecule has 1 aromatic carbocycles. The van der Waals surface area contributed by atoms with Crippen molar-refractivity contribution in [3.05, 3.63) is 43.7 Å². The van der Waals surface area contributed by atoms with Crippen LogP contribution >= 0.6 is 0 Å². The van der Waals surface area contributed by atoms with Crippen molar-refractivity contribution in [2.24, 2.45) is 0 Å². The molecular weight excluding hydrogens is 433 g/mol. The van der Waals surface area contributed by atoms with Crippen LogP contribution in [0, 0.1) is 13.8 Å².